The van der Waals surface area contributed by atoms with E-state index in [1.165, 1.54) is 0 Å². The molecule has 0 aliphatic heterocycles. The zero-order valence-corrected chi connectivity index (χ0v) is 13.0. The zero-order valence-electron chi connectivity index (χ0n) is 13.0. The fourth-order valence-electron chi connectivity index (χ4n) is 2.41. The van der Waals surface area contributed by atoms with Gasteiger partial charge in [0.2, 0.25) is 0 Å². The van der Waals surface area contributed by atoms with Crippen LogP contribution in [0.4, 0.5) is 14.5 Å². The molecule has 0 aliphatic carbocycles. The summed E-state index contributed by atoms with van der Waals surface area (Å²) in [4.78, 5) is 26.6. The van der Waals surface area contributed by atoms with Gasteiger partial charge in [-0.3, -0.25) is 9.59 Å². The zero-order chi connectivity index (χ0) is 17.8. The van der Waals surface area contributed by atoms with E-state index in [0.717, 1.165) is 28.6 Å². The summed E-state index contributed by atoms with van der Waals surface area (Å²) in [5.74, 6) is -2.95. The smallest absolute Gasteiger partial charge is 0.310 e. The lowest BCUT2D eigenvalue weighted by atomic mass is 10.1. The minimum atomic E-state index is -0.904. The summed E-state index contributed by atoms with van der Waals surface area (Å²) in [5.41, 5.74) is 1.47. The molecule has 0 fully saturated rings. The first-order valence-electron chi connectivity index (χ1n) is 7.48. The molecule has 1 aromatic heterocycles. The number of para-hydroxylation sites is 1. The van der Waals surface area contributed by atoms with E-state index in [1.807, 2.05) is 24.3 Å². The van der Waals surface area contributed by atoms with Crippen LogP contribution in [0.3, 0.4) is 0 Å². The summed E-state index contributed by atoms with van der Waals surface area (Å²) in [6.07, 6.45) is 1.71. The third-order valence-electron chi connectivity index (χ3n) is 3.58. The van der Waals surface area contributed by atoms with Gasteiger partial charge in [-0.15, -0.1) is 0 Å². The summed E-state index contributed by atoms with van der Waals surface area (Å²) in [7, 11) is 0. The van der Waals surface area contributed by atoms with Crippen LogP contribution < -0.4 is 5.32 Å². The Morgan fingerprint density at radius 2 is 1.92 bits per heavy atom. The van der Waals surface area contributed by atoms with Gasteiger partial charge < -0.3 is 15.0 Å². The molecule has 0 unspecified atom stereocenters. The highest BCUT2D eigenvalue weighted by molar-refractivity contribution is 5.93. The van der Waals surface area contributed by atoms with Crippen molar-refractivity contribution in [2.45, 2.75) is 6.42 Å². The van der Waals surface area contributed by atoms with Crippen molar-refractivity contribution in [3.8, 4) is 0 Å². The molecule has 3 aromatic rings. The molecule has 0 saturated heterocycles. The number of aromatic nitrogens is 1. The third-order valence-corrected chi connectivity index (χ3v) is 3.58. The molecule has 0 aliphatic rings. The van der Waals surface area contributed by atoms with Crippen molar-refractivity contribution in [3.05, 3.63) is 65.9 Å². The molecule has 1 heterocycles. The molecule has 128 valence electrons. The average Bonchev–Trinajstić information content (AvgIpc) is 2.99. The van der Waals surface area contributed by atoms with Gasteiger partial charge >= 0.3 is 5.97 Å². The first-order chi connectivity index (χ1) is 12.0. The van der Waals surface area contributed by atoms with Crippen LogP contribution >= 0.6 is 0 Å². The monoisotopic (exact) mass is 344 g/mol. The van der Waals surface area contributed by atoms with E-state index in [0.29, 0.717) is 6.07 Å². The number of benzene rings is 2. The molecule has 2 aromatic carbocycles. The Hall–Kier alpha value is -3.22. The number of hydrogen-bond donors (Lipinski definition) is 2. The number of halogens is 2. The Kier molecular flexibility index (Phi) is 4.74. The molecule has 0 radical (unpaired) electrons. The van der Waals surface area contributed by atoms with Crippen molar-refractivity contribution in [1.29, 1.82) is 0 Å². The van der Waals surface area contributed by atoms with E-state index in [1.54, 1.807) is 6.20 Å². The maximum Gasteiger partial charge on any atom is 0.310 e. The SMILES string of the molecule is O=C(COC(=O)Cc1c[nH]c2ccccc12)Nc1ccc(F)cc1F. The number of carbonyl (C=O) groups excluding carboxylic acids is 2. The van der Waals surface area contributed by atoms with Crippen LogP contribution in [0.15, 0.2) is 48.7 Å². The normalized spacial score (nSPS) is 10.6. The largest absolute Gasteiger partial charge is 0.455 e. The Morgan fingerprint density at radius 1 is 1.12 bits per heavy atom. The van der Waals surface area contributed by atoms with Crippen molar-refractivity contribution < 1.29 is 23.1 Å². The van der Waals surface area contributed by atoms with Gasteiger partial charge in [0.15, 0.2) is 6.61 Å². The highest BCUT2D eigenvalue weighted by atomic mass is 19.1. The van der Waals surface area contributed by atoms with E-state index in [4.69, 9.17) is 4.74 Å². The summed E-state index contributed by atoms with van der Waals surface area (Å²) in [5, 5.41) is 3.12. The highest BCUT2D eigenvalue weighted by Gasteiger charge is 2.13. The van der Waals surface area contributed by atoms with Crippen LogP contribution in [0.1, 0.15) is 5.56 Å². The summed E-state index contributed by atoms with van der Waals surface area (Å²) >= 11 is 0. The van der Waals surface area contributed by atoms with Crippen LogP contribution in [0, 0.1) is 11.6 Å². The fraction of sp³-hybridized carbons (Fsp3) is 0.111. The lowest BCUT2D eigenvalue weighted by Crippen LogP contribution is -2.22. The maximum atomic E-state index is 13.4. The Balaban J connectivity index is 1.54. The first kappa shape index (κ1) is 16.6. The highest BCUT2D eigenvalue weighted by Crippen LogP contribution is 2.18. The van der Waals surface area contributed by atoms with Crippen molar-refractivity contribution >= 4 is 28.5 Å². The van der Waals surface area contributed by atoms with Gasteiger partial charge in [0, 0.05) is 23.2 Å². The predicted octanol–water partition coefficient (Wildman–Crippen LogP) is 3.17. The van der Waals surface area contributed by atoms with E-state index in [2.05, 4.69) is 10.3 Å². The quantitative estimate of drug-likeness (QED) is 0.699. The number of esters is 1. The number of nitrogens with one attached hydrogen (secondary N) is 2. The molecule has 5 nitrogen and oxygen atoms in total. The molecule has 3 rings (SSSR count). The molecular formula is C18H14F2N2O3. The van der Waals surface area contributed by atoms with Crippen molar-refractivity contribution in [3.63, 3.8) is 0 Å². The Morgan fingerprint density at radius 3 is 2.72 bits per heavy atom. The van der Waals surface area contributed by atoms with Crippen LogP contribution in [0.2, 0.25) is 0 Å². The summed E-state index contributed by atoms with van der Waals surface area (Å²) < 4.78 is 31.2. The Bertz CT molecular complexity index is 937. The number of aromatic amines is 1. The van der Waals surface area contributed by atoms with E-state index < -0.39 is 30.1 Å². The molecule has 0 saturated carbocycles. The molecule has 0 atom stereocenters. The second-order valence-corrected chi connectivity index (χ2v) is 5.37. The van der Waals surface area contributed by atoms with Crippen LogP contribution in [-0.4, -0.2) is 23.5 Å². The predicted molar refractivity (Wildman–Crippen MR) is 87.9 cm³/mol. The molecule has 2 N–H and O–H groups in total. The second-order valence-electron chi connectivity index (χ2n) is 5.37. The number of hydrogen-bond acceptors (Lipinski definition) is 3. The van der Waals surface area contributed by atoms with Gasteiger partial charge in [-0.25, -0.2) is 8.78 Å². The van der Waals surface area contributed by atoms with E-state index in [-0.39, 0.29) is 12.1 Å². The number of carbonyl (C=O) groups is 2. The second kappa shape index (κ2) is 7.12. The van der Waals surface area contributed by atoms with E-state index >= 15 is 0 Å². The summed E-state index contributed by atoms with van der Waals surface area (Å²) in [6, 6.07) is 10.2. The molecule has 7 heteroatoms. The van der Waals surface area contributed by atoms with Crippen LogP contribution in [0.5, 0.6) is 0 Å². The third kappa shape index (κ3) is 4.00. The number of amides is 1. The van der Waals surface area contributed by atoms with Gasteiger partial charge in [0.25, 0.3) is 5.91 Å². The maximum absolute atomic E-state index is 13.4. The molecule has 1 amide bonds. The minimum absolute atomic E-state index is 0.00219. The van der Waals surface area contributed by atoms with Crippen molar-refractivity contribution in [2.24, 2.45) is 0 Å². The molecular weight excluding hydrogens is 330 g/mol. The topological polar surface area (TPSA) is 71.2 Å². The molecule has 0 spiro atoms. The van der Waals surface area contributed by atoms with Crippen molar-refractivity contribution in [2.75, 3.05) is 11.9 Å². The van der Waals surface area contributed by atoms with Gasteiger partial charge in [0.05, 0.1) is 12.1 Å². The fourth-order valence-corrected chi connectivity index (χ4v) is 2.41. The molecule has 25 heavy (non-hydrogen) atoms. The van der Waals surface area contributed by atoms with Gasteiger partial charge in [-0.05, 0) is 23.8 Å². The van der Waals surface area contributed by atoms with Gasteiger partial charge in [0.1, 0.15) is 11.6 Å². The summed E-state index contributed by atoms with van der Waals surface area (Å²) in [6.45, 7) is -0.558. The standard InChI is InChI=1S/C18H14F2N2O3/c19-12-5-6-16(14(20)8-12)22-17(23)10-25-18(24)7-11-9-21-15-4-2-1-3-13(11)15/h1-6,8-9,21H,7,10H2,(H,22,23). The minimum Gasteiger partial charge on any atom is -0.455 e. The number of fused-ring (bicyclic) bond motifs is 1. The Labute approximate surface area is 141 Å². The first-order valence-corrected chi connectivity index (χ1v) is 7.48. The number of H-pyrrole nitrogens is 1. The number of rotatable bonds is 5. The number of anilines is 1. The van der Waals surface area contributed by atoms with Crippen molar-refractivity contribution in [1.82, 2.24) is 4.98 Å². The van der Waals surface area contributed by atoms with E-state index in [9.17, 15) is 18.4 Å². The number of ether oxygens (including phenoxy) is 1. The lowest BCUT2D eigenvalue weighted by Gasteiger charge is -2.07. The van der Waals surface area contributed by atoms with Gasteiger partial charge in [-0.2, -0.15) is 0 Å². The van der Waals surface area contributed by atoms with Gasteiger partial charge in [-0.1, -0.05) is 18.2 Å². The van der Waals surface area contributed by atoms with Crippen LogP contribution in [0.25, 0.3) is 10.9 Å². The average molecular weight is 344 g/mol. The lowest BCUT2D eigenvalue weighted by molar-refractivity contribution is -0.146. The molecule has 0 bridgehead atoms. The van der Waals surface area contributed by atoms with Crippen LogP contribution in [-0.2, 0) is 20.7 Å².